The molecule has 3 aromatic carbocycles. The van der Waals surface area contributed by atoms with Gasteiger partial charge in [-0.1, -0.05) is 60.1 Å². The summed E-state index contributed by atoms with van der Waals surface area (Å²) in [4.78, 5) is 0. The van der Waals surface area contributed by atoms with Gasteiger partial charge in [0.25, 0.3) is 0 Å². The third-order valence-electron chi connectivity index (χ3n) is 5.85. The van der Waals surface area contributed by atoms with Crippen LogP contribution in [0.3, 0.4) is 0 Å². The number of nitrogens with zero attached hydrogens (tertiary/aromatic N) is 1. The molecule has 1 fully saturated rings. The maximum atomic E-state index is 13.4. The topological polar surface area (TPSA) is 23.4 Å². The summed E-state index contributed by atoms with van der Waals surface area (Å²) in [6.45, 7) is 3.70. The number of benzene rings is 3. The van der Waals surface area contributed by atoms with Crippen molar-refractivity contribution in [3.05, 3.63) is 106 Å². The Labute approximate surface area is 191 Å². The first-order valence-electron chi connectivity index (χ1n) is 10.6. The number of aromatic nitrogens is 1. The van der Waals surface area contributed by atoms with Crippen molar-refractivity contribution in [2.24, 2.45) is 0 Å². The number of fused-ring (bicyclic) bond motifs is 1. The van der Waals surface area contributed by atoms with E-state index < -0.39 is 5.79 Å². The first-order chi connectivity index (χ1) is 15.5. The van der Waals surface area contributed by atoms with Crippen LogP contribution in [0.25, 0.3) is 23.1 Å². The number of halogens is 2. The van der Waals surface area contributed by atoms with Crippen LogP contribution in [0.15, 0.2) is 72.8 Å². The Hall–Kier alpha value is -2.92. The molecule has 0 radical (unpaired) electrons. The molecule has 0 bridgehead atoms. The van der Waals surface area contributed by atoms with Crippen molar-refractivity contribution in [2.75, 3.05) is 13.2 Å². The standard InChI is InChI=1S/C27H23ClFNO2/c1-27(31-15-16-32-27)26-23-17-21(28)10-14-24(23)30(18-20-5-3-2-4-6-20)25(26)13-9-19-7-11-22(29)12-8-19/h2-14,17H,15-16,18H2,1H3/b13-9+. The van der Waals surface area contributed by atoms with Crippen LogP contribution in [0, 0.1) is 5.82 Å². The molecule has 0 unspecified atom stereocenters. The van der Waals surface area contributed by atoms with Crippen molar-refractivity contribution in [1.82, 2.24) is 4.57 Å². The lowest BCUT2D eigenvalue weighted by Crippen LogP contribution is -2.23. The van der Waals surface area contributed by atoms with Gasteiger partial charge in [-0.05, 0) is 54.5 Å². The number of rotatable bonds is 5. The fourth-order valence-corrected chi connectivity index (χ4v) is 4.51. The third kappa shape index (κ3) is 3.97. The Morgan fingerprint density at radius 2 is 1.69 bits per heavy atom. The molecule has 2 heterocycles. The average Bonchev–Trinajstić information content (AvgIpc) is 3.36. The summed E-state index contributed by atoms with van der Waals surface area (Å²) in [5, 5.41) is 1.66. The zero-order valence-electron chi connectivity index (χ0n) is 17.7. The molecule has 1 saturated heterocycles. The molecule has 1 aliphatic rings. The molecule has 5 heteroatoms. The van der Waals surface area contributed by atoms with Gasteiger partial charge in [0, 0.05) is 28.0 Å². The van der Waals surface area contributed by atoms with E-state index in [4.69, 9.17) is 21.1 Å². The summed E-state index contributed by atoms with van der Waals surface area (Å²) in [5.41, 5.74) is 5.06. The molecule has 32 heavy (non-hydrogen) atoms. The minimum Gasteiger partial charge on any atom is -0.344 e. The molecular weight excluding hydrogens is 425 g/mol. The van der Waals surface area contributed by atoms with Crippen LogP contribution in [0.2, 0.25) is 5.02 Å². The highest BCUT2D eigenvalue weighted by molar-refractivity contribution is 6.31. The van der Waals surface area contributed by atoms with Crippen molar-refractivity contribution < 1.29 is 13.9 Å². The van der Waals surface area contributed by atoms with E-state index in [1.165, 1.54) is 17.7 Å². The maximum absolute atomic E-state index is 13.4. The van der Waals surface area contributed by atoms with Crippen molar-refractivity contribution in [3.63, 3.8) is 0 Å². The normalized spacial score (nSPS) is 15.7. The molecule has 0 N–H and O–H groups in total. The molecule has 0 spiro atoms. The fourth-order valence-electron chi connectivity index (χ4n) is 4.34. The maximum Gasteiger partial charge on any atom is 0.194 e. The molecule has 1 aliphatic heterocycles. The quantitative estimate of drug-likeness (QED) is 0.333. The third-order valence-corrected chi connectivity index (χ3v) is 6.08. The lowest BCUT2D eigenvalue weighted by molar-refractivity contribution is -0.148. The highest BCUT2D eigenvalue weighted by Crippen LogP contribution is 2.41. The molecule has 0 amide bonds. The van der Waals surface area contributed by atoms with E-state index in [1.807, 2.05) is 49.4 Å². The molecule has 3 nitrogen and oxygen atoms in total. The van der Waals surface area contributed by atoms with E-state index in [0.717, 1.165) is 27.7 Å². The molecule has 5 rings (SSSR count). The highest BCUT2D eigenvalue weighted by atomic mass is 35.5. The summed E-state index contributed by atoms with van der Waals surface area (Å²) in [6.07, 6.45) is 4.04. The van der Waals surface area contributed by atoms with Crippen molar-refractivity contribution in [2.45, 2.75) is 19.3 Å². The van der Waals surface area contributed by atoms with Crippen LogP contribution in [-0.2, 0) is 21.8 Å². The predicted octanol–water partition coefficient (Wildman–Crippen LogP) is 6.87. The van der Waals surface area contributed by atoms with E-state index in [9.17, 15) is 4.39 Å². The monoisotopic (exact) mass is 447 g/mol. The van der Waals surface area contributed by atoms with Crippen LogP contribution < -0.4 is 0 Å². The first kappa shape index (κ1) is 21.0. The number of hydrogen-bond acceptors (Lipinski definition) is 2. The summed E-state index contributed by atoms with van der Waals surface area (Å²) >= 11 is 6.41. The van der Waals surface area contributed by atoms with Gasteiger partial charge in [-0.2, -0.15) is 0 Å². The number of ether oxygens (including phenoxy) is 2. The Balaban J connectivity index is 1.73. The number of hydrogen-bond donors (Lipinski definition) is 0. The van der Waals surface area contributed by atoms with E-state index in [1.54, 1.807) is 12.1 Å². The molecule has 0 aliphatic carbocycles. The second-order valence-corrected chi connectivity index (χ2v) is 8.46. The van der Waals surface area contributed by atoms with E-state index in [0.29, 0.717) is 24.8 Å². The lowest BCUT2D eigenvalue weighted by atomic mass is 10.0. The van der Waals surface area contributed by atoms with Gasteiger partial charge in [-0.15, -0.1) is 0 Å². The zero-order valence-corrected chi connectivity index (χ0v) is 18.5. The van der Waals surface area contributed by atoms with E-state index in [-0.39, 0.29) is 5.82 Å². The molecule has 0 saturated carbocycles. The zero-order chi connectivity index (χ0) is 22.1. The van der Waals surface area contributed by atoms with Gasteiger partial charge in [0.15, 0.2) is 5.79 Å². The van der Waals surface area contributed by atoms with Crippen molar-refractivity contribution in [3.8, 4) is 0 Å². The summed E-state index contributed by atoms with van der Waals surface area (Å²) in [7, 11) is 0. The second-order valence-electron chi connectivity index (χ2n) is 8.02. The van der Waals surface area contributed by atoms with Gasteiger partial charge in [0.2, 0.25) is 0 Å². The predicted molar refractivity (Wildman–Crippen MR) is 127 cm³/mol. The largest absolute Gasteiger partial charge is 0.344 e. The Morgan fingerprint density at radius 1 is 0.969 bits per heavy atom. The van der Waals surface area contributed by atoms with Crippen LogP contribution >= 0.6 is 11.6 Å². The van der Waals surface area contributed by atoms with E-state index >= 15 is 0 Å². The Kier molecular flexibility index (Phi) is 5.60. The molecular formula is C27H23ClFNO2. The Bertz CT molecular complexity index is 1270. The van der Waals surface area contributed by atoms with Gasteiger partial charge in [-0.25, -0.2) is 4.39 Å². The molecule has 1 aromatic heterocycles. The second kappa shape index (κ2) is 8.55. The Morgan fingerprint density at radius 3 is 2.41 bits per heavy atom. The van der Waals surface area contributed by atoms with Gasteiger partial charge in [-0.3, -0.25) is 0 Å². The molecule has 0 atom stereocenters. The summed E-state index contributed by atoms with van der Waals surface area (Å²) in [6, 6.07) is 22.7. The fraction of sp³-hybridized carbons (Fsp3) is 0.185. The van der Waals surface area contributed by atoms with Crippen LogP contribution in [-0.4, -0.2) is 17.8 Å². The van der Waals surface area contributed by atoms with Crippen molar-refractivity contribution >= 4 is 34.7 Å². The smallest absolute Gasteiger partial charge is 0.194 e. The summed E-state index contributed by atoms with van der Waals surface area (Å²) in [5.74, 6) is -1.14. The van der Waals surface area contributed by atoms with Gasteiger partial charge in [0.1, 0.15) is 5.82 Å². The molecule has 162 valence electrons. The highest BCUT2D eigenvalue weighted by Gasteiger charge is 2.38. The summed E-state index contributed by atoms with van der Waals surface area (Å²) < 4.78 is 27.8. The van der Waals surface area contributed by atoms with Gasteiger partial charge >= 0.3 is 0 Å². The van der Waals surface area contributed by atoms with Gasteiger partial charge < -0.3 is 14.0 Å². The average molecular weight is 448 g/mol. The van der Waals surface area contributed by atoms with E-state index in [2.05, 4.69) is 22.8 Å². The minimum absolute atomic E-state index is 0.254. The lowest BCUT2D eigenvalue weighted by Gasteiger charge is -2.24. The molecule has 4 aromatic rings. The van der Waals surface area contributed by atoms with Gasteiger partial charge in [0.05, 0.1) is 18.9 Å². The van der Waals surface area contributed by atoms with Crippen LogP contribution in [0.1, 0.15) is 29.3 Å². The SMILES string of the molecule is CC1(c2c(/C=C/c3ccc(F)cc3)n(Cc3ccccc3)c3ccc(Cl)cc23)OCCO1. The van der Waals surface area contributed by atoms with Crippen LogP contribution in [0.4, 0.5) is 4.39 Å². The van der Waals surface area contributed by atoms with Crippen molar-refractivity contribution in [1.29, 1.82) is 0 Å². The first-order valence-corrected chi connectivity index (χ1v) is 11.0. The minimum atomic E-state index is -0.882. The van der Waals surface area contributed by atoms with Crippen LogP contribution in [0.5, 0.6) is 0 Å².